The number of aromatic nitrogens is 1. The van der Waals surface area contributed by atoms with Crippen LogP contribution in [-0.2, 0) is 16.1 Å². The van der Waals surface area contributed by atoms with Crippen LogP contribution in [0.5, 0.6) is 11.5 Å². The number of rotatable bonds is 6. The average Bonchev–Trinajstić information content (AvgIpc) is 3.27. The largest absolute Gasteiger partial charge is 0.471 e. The van der Waals surface area contributed by atoms with Crippen LogP contribution in [0.25, 0.3) is 0 Å². The van der Waals surface area contributed by atoms with Crippen LogP contribution in [-0.4, -0.2) is 40.7 Å². The summed E-state index contributed by atoms with van der Waals surface area (Å²) in [4.78, 5) is 30.3. The number of benzene rings is 1. The van der Waals surface area contributed by atoms with E-state index in [0.29, 0.717) is 22.0 Å². The Kier molecular flexibility index (Phi) is 6.71. The Morgan fingerprint density at radius 2 is 1.76 bits per heavy atom. The van der Waals surface area contributed by atoms with Gasteiger partial charge in [0.25, 0.3) is 0 Å². The number of hydrogen-bond acceptors (Lipinski definition) is 5. The standard InChI is InChI=1S/C23H24F3N3O4/c24-23(25,26)22(31)29(13-15-6-7-18-19(12-15)33-14-32-18)20(16-8-10-27-11-9-16)21(30)28-17-4-2-1-3-5-17/h6-12,17,20H,1-5,13-14H2,(H,28,30)/t20-/m1/s1. The van der Waals surface area contributed by atoms with Gasteiger partial charge in [0.05, 0.1) is 0 Å². The van der Waals surface area contributed by atoms with Crippen LogP contribution in [0.15, 0.2) is 42.7 Å². The monoisotopic (exact) mass is 463 g/mol. The fourth-order valence-electron chi connectivity index (χ4n) is 4.22. The summed E-state index contributed by atoms with van der Waals surface area (Å²) in [7, 11) is 0. The van der Waals surface area contributed by atoms with Crippen LogP contribution in [0.1, 0.15) is 49.3 Å². The van der Waals surface area contributed by atoms with Gasteiger partial charge in [0, 0.05) is 25.0 Å². The minimum atomic E-state index is -5.16. The second-order valence-corrected chi connectivity index (χ2v) is 8.15. The van der Waals surface area contributed by atoms with E-state index in [9.17, 15) is 22.8 Å². The molecular formula is C23H24F3N3O4. The molecule has 2 aliphatic rings. The van der Waals surface area contributed by atoms with Crippen LogP contribution in [0, 0.1) is 0 Å². The first kappa shape index (κ1) is 22.9. The Morgan fingerprint density at radius 1 is 1.06 bits per heavy atom. The third-order valence-corrected chi connectivity index (χ3v) is 5.83. The minimum Gasteiger partial charge on any atom is -0.454 e. The second kappa shape index (κ2) is 9.68. The Labute approximate surface area is 188 Å². The fraction of sp³-hybridized carbons (Fsp3) is 0.435. The van der Waals surface area contributed by atoms with E-state index >= 15 is 0 Å². The summed E-state index contributed by atoms with van der Waals surface area (Å²) in [6.45, 7) is -0.437. The van der Waals surface area contributed by atoms with Gasteiger partial charge in [-0.15, -0.1) is 0 Å². The van der Waals surface area contributed by atoms with E-state index in [2.05, 4.69) is 10.3 Å². The highest BCUT2D eigenvalue weighted by molar-refractivity contribution is 5.91. The quantitative estimate of drug-likeness (QED) is 0.703. The molecule has 1 N–H and O–H groups in total. The number of halogens is 3. The maximum Gasteiger partial charge on any atom is 0.471 e. The van der Waals surface area contributed by atoms with Crippen LogP contribution in [0.4, 0.5) is 13.2 Å². The molecule has 0 unspecified atom stereocenters. The second-order valence-electron chi connectivity index (χ2n) is 8.15. The fourth-order valence-corrected chi connectivity index (χ4v) is 4.22. The first-order valence-electron chi connectivity index (χ1n) is 10.8. The van der Waals surface area contributed by atoms with Crippen molar-refractivity contribution < 1.29 is 32.2 Å². The summed E-state index contributed by atoms with van der Waals surface area (Å²) in [5.74, 6) is -1.90. The molecule has 1 aromatic heterocycles. The van der Waals surface area contributed by atoms with Crippen LogP contribution in [0.2, 0.25) is 0 Å². The van der Waals surface area contributed by atoms with Crippen molar-refractivity contribution >= 4 is 11.8 Å². The lowest BCUT2D eigenvalue weighted by molar-refractivity contribution is -0.189. The normalized spacial score (nSPS) is 16.8. The zero-order valence-corrected chi connectivity index (χ0v) is 17.8. The van der Waals surface area contributed by atoms with Crippen LogP contribution < -0.4 is 14.8 Å². The molecule has 0 spiro atoms. The maximum absolute atomic E-state index is 13.6. The Hall–Kier alpha value is -3.30. The van der Waals surface area contributed by atoms with E-state index in [1.807, 2.05) is 0 Å². The molecule has 2 heterocycles. The molecule has 2 aromatic rings. The summed E-state index contributed by atoms with van der Waals surface area (Å²) >= 11 is 0. The van der Waals surface area contributed by atoms with Gasteiger partial charge in [-0.1, -0.05) is 25.3 Å². The molecule has 0 saturated heterocycles. The first-order valence-corrected chi connectivity index (χ1v) is 10.8. The number of nitrogens with zero attached hydrogens (tertiary/aromatic N) is 2. The molecule has 1 fully saturated rings. The smallest absolute Gasteiger partial charge is 0.454 e. The van der Waals surface area contributed by atoms with Crippen molar-refractivity contribution in [2.45, 2.75) is 56.9 Å². The minimum absolute atomic E-state index is 0.00736. The topological polar surface area (TPSA) is 80.8 Å². The molecule has 0 radical (unpaired) electrons. The van der Waals surface area contributed by atoms with E-state index in [-0.39, 0.29) is 18.4 Å². The molecule has 1 saturated carbocycles. The Morgan fingerprint density at radius 3 is 2.45 bits per heavy atom. The van der Waals surface area contributed by atoms with Gasteiger partial charge < -0.3 is 19.7 Å². The lowest BCUT2D eigenvalue weighted by Crippen LogP contribution is -2.50. The number of nitrogens with one attached hydrogen (secondary N) is 1. The predicted octanol–water partition coefficient (Wildman–Crippen LogP) is 3.89. The molecule has 10 heteroatoms. The summed E-state index contributed by atoms with van der Waals surface area (Å²) in [5, 5.41) is 2.87. The molecule has 1 aliphatic carbocycles. The van der Waals surface area contributed by atoms with Gasteiger partial charge >= 0.3 is 12.1 Å². The predicted molar refractivity (Wildman–Crippen MR) is 111 cm³/mol. The highest BCUT2D eigenvalue weighted by Gasteiger charge is 2.47. The van der Waals surface area contributed by atoms with E-state index in [4.69, 9.17) is 9.47 Å². The summed E-state index contributed by atoms with van der Waals surface area (Å²) in [6.07, 6.45) is 2.05. The SMILES string of the molecule is O=C(NC1CCCCC1)[C@@H](c1ccncc1)N(Cc1ccc2c(c1)OCO2)C(=O)C(F)(F)F. The zero-order chi connectivity index (χ0) is 23.4. The number of carbonyl (C=O) groups is 2. The van der Waals surface area contributed by atoms with Crippen molar-refractivity contribution in [1.29, 1.82) is 0 Å². The number of carbonyl (C=O) groups excluding carboxylic acids is 2. The number of ether oxygens (including phenoxy) is 2. The van der Waals surface area contributed by atoms with Gasteiger partial charge in [0.1, 0.15) is 6.04 Å². The first-order chi connectivity index (χ1) is 15.8. The average molecular weight is 463 g/mol. The molecule has 7 nitrogen and oxygen atoms in total. The number of fused-ring (bicyclic) bond motifs is 1. The van der Waals surface area contributed by atoms with Crippen LogP contribution in [0.3, 0.4) is 0 Å². The van der Waals surface area contributed by atoms with Crippen molar-refractivity contribution in [3.05, 3.63) is 53.9 Å². The molecule has 1 atom stereocenters. The summed E-state index contributed by atoms with van der Waals surface area (Å²) in [6, 6.07) is 5.91. The van der Waals surface area contributed by atoms with E-state index in [0.717, 1.165) is 32.1 Å². The van der Waals surface area contributed by atoms with E-state index in [1.165, 1.54) is 30.6 Å². The van der Waals surface area contributed by atoms with E-state index < -0.39 is 30.6 Å². The molecule has 0 bridgehead atoms. The molecule has 4 rings (SSSR count). The molecule has 1 aliphatic heterocycles. The molecular weight excluding hydrogens is 439 g/mol. The number of alkyl halides is 3. The highest BCUT2D eigenvalue weighted by Crippen LogP contribution is 2.35. The van der Waals surface area contributed by atoms with Crippen molar-refractivity contribution in [2.75, 3.05) is 6.79 Å². The number of amides is 2. The third-order valence-electron chi connectivity index (χ3n) is 5.83. The van der Waals surface area contributed by atoms with Gasteiger partial charge in [-0.2, -0.15) is 13.2 Å². The maximum atomic E-state index is 13.6. The lowest BCUT2D eigenvalue weighted by atomic mass is 9.94. The van der Waals surface area contributed by atoms with Gasteiger partial charge in [-0.05, 0) is 48.2 Å². The number of hydrogen-bond donors (Lipinski definition) is 1. The lowest BCUT2D eigenvalue weighted by Gasteiger charge is -2.33. The zero-order valence-electron chi connectivity index (χ0n) is 17.8. The summed E-state index contributed by atoms with van der Waals surface area (Å²) < 4.78 is 51.5. The van der Waals surface area contributed by atoms with Gasteiger partial charge in [0.2, 0.25) is 12.7 Å². The van der Waals surface area contributed by atoms with Crippen LogP contribution >= 0.6 is 0 Å². The third kappa shape index (κ3) is 5.37. The summed E-state index contributed by atoms with van der Waals surface area (Å²) in [5.41, 5.74) is 0.623. The van der Waals surface area contributed by atoms with Gasteiger partial charge in [-0.3, -0.25) is 14.6 Å². The molecule has 176 valence electrons. The van der Waals surface area contributed by atoms with Gasteiger partial charge in [-0.25, -0.2) is 0 Å². The number of pyridine rings is 1. The molecule has 33 heavy (non-hydrogen) atoms. The van der Waals surface area contributed by atoms with Crippen molar-refractivity contribution in [3.8, 4) is 11.5 Å². The molecule has 2 amide bonds. The Bertz CT molecular complexity index is 994. The van der Waals surface area contributed by atoms with Gasteiger partial charge in [0.15, 0.2) is 11.5 Å². The molecule has 1 aromatic carbocycles. The van der Waals surface area contributed by atoms with Crippen molar-refractivity contribution in [2.24, 2.45) is 0 Å². The Balaban J connectivity index is 1.69. The highest BCUT2D eigenvalue weighted by atomic mass is 19.4. The van der Waals surface area contributed by atoms with Crippen molar-refractivity contribution in [1.82, 2.24) is 15.2 Å². The van der Waals surface area contributed by atoms with E-state index in [1.54, 1.807) is 12.1 Å². The van der Waals surface area contributed by atoms with Crippen molar-refractivity contribution in [3.63, 3.8) is 0 Å².